The van der Waals surface area contributed by atoms with Crippen LogP contribution in [0.2, 0.25) is 5.02 Å². The van der Waals surface area contributed by atoms with Crippen LogP contribution < -0.4 is 10.2 Å². The molecule has 0 heterocycles. The number of rotatable bonds is 5. The van der Waals surface area contributed by atoms with Crippen LogP contribution in [0.5, 0.6) is 0 Å². The molecule has 1 rings (SSSR count). The van der Waals surface area contributed by atoms with E-state index in [2.05, 4.69) is 44.1 Å². The van der Waals surface area contributed by atoms with Gasteiger partial charge in [-0.1, -0.05) is 37.6 Å². The highest BCUT2D eigenvalue weighted by atomic mass is 35.5. The quantitative estimate of drug-likeness (QED) is 0.865. The van der Waals surface area contributed by atoms with Crippen LogP contribution in [0, 0.1) is 5.92 Å². The molecule has 0 amide bonds. The predicted octanol–water partition coefficient (Wildman–Crippen LogP) is 3.54. The van der Waals surface area contributed by atoms with Crippen molar-refractivity contribution in [2.45, 2.75) is 33.4 Å². The summed E-state index contributed by atoms with van der Waals surface area (Å²) in [5.41, 5.74) is 2.39. The Bertz CT molecular complexity index is 363. The molecule has 0 aromatic heterocycles. The summed E-state index contributed by atoms with van der Waals surface area (Å²) < 4.78 is 0. The normalized spacial score (nSPS) is 12.9. The minimum Gasteiger partial charge on any atom is -0.370 e. The van der Waals surface area contributed by atoms with E-state index in [0.29, 0.717) is 12.0 Å². The molecule has 0 fully saturated rings. The number of hydrogen-bond donors (Lipinski definition) is 1. The van der Waals surface area contributed by atoms with Crippen molar-refractivity contribution >= 4 is 17.3 Å². The largest absolute Gasteiger partial charge is 0.370 e. The fraction of sp³-hybridized carbons (Fsp3) is 0.571. The number of nitrogens with zero attached hydrogens (tertiary/aromatic N) is 1. The standard InChI is InChI=1S/C14H23ClN2/c1-10(2)11(3)17(5)14-12(9-16-4)7-6-8-13(14)15/h6-8,10-11,16H,9H2,1-5H3. The van der Waals surface area contributed by atoms with Gasteiger partial charge in [0.2, 0.25) is 0 Å². The molecule has 3 heteroatoms. The van der Waals surface area contributed by atoms with E-state index in [1.54, 1.807) is 0 Å². The molecule has 2 nitrogen and oxygen atoms in total. The van der Waals surface area contributed by atoms with Crippen molar-refractivity contribution in [1.82, 2.24) is 5.32 Å². The zero-order chi connectivity index (χ0) is 13.0. The Balaban J connectivity index is 3.10. The molecule has 17 heavy (non-hydrogen) atoms. The maximum Gasteiger partial charge on any atom is 0.0642 e. The van der Waals surface area contributed by atoms with Crippen LogP contribution in [-0.4, -0.2) is 20.1 Å². The van der Waals surface area contributed by atoms with Crippen LogP contribution in [0.4, 0.5) is 5.69 Å². The van der Waals surface area contributed by atoms with Gasteiger partial charge in [0.25, 0.3) is 0 Å². The Kier molecular flexibility index (Phi) is 5.29. The van der Waals surface area contributed by atoms with Crippen molar-refractivity contribution in [2.75, 3.05) is 19.0 Å². The molecule has 0 bridgehead atoms. The highest BCUT2D eigenvalue weighted by molar-refractivity contribution is 6.33. The van der Waals surface area contributed by atoms with Crippen LogP contribution >= 0.6 is 11.6 Å². The van der Waals surface area contributed by atoms with Crippen LogP contribution in [0.3, 0.4) is 0 Å². The van der Waals surface area contributed by atoms with Gasteiger partial charge in [-0.2, -0.15) is 0 Å². The SMILES string of the molecule is CNCc1cccc(Cl)c1N(C)C(C)C(C)C. The van der Waals surface area contributed by atoms with Gasteiger partial charge >= 0.3 is 0 Å². The van der Waals surface area contributed by atoms with Crippen LogP contribution in [0.15, 0.2) is 18.2 Å². The van der Waals surface area contributed by atoms with E-state index >= 15 is 0 Å². The fourth-order valence-electron chi connectivity index (χ4n) is 1.94. The third-order valence-electron chi connectivity index (χ3n) is 3.37. The lowest BCUT2D eigenvalue weighted by atomic mass is 10.0. The number of para-hydroxylation sites is 1. The first-order valence-electron chi connectivity index (χ1n) is 6.13. The summed E-state index contributed by atoms with van der Waals surface area (Å²) >= 11 is 6.34. The molecule has 1 N–H and O–H groups in total. The summed E-state index contributed by atoms with van der Waals surface area (Å²) in [6.07, 6.45) is 0. The average molecular weight is 255 g/mol. The molecule has 96 valence electrons. The fourth-order valence-corrected chi connectivity index (χ4v) is 2.27. The molecular formula is C14H23ClN2. The first-order chi connectivity index (χ1) is 7.99. The predicted molar refractivity (Wildman–Crippen MR) is 76.9 cm³/mol. The van der Waals surface area contributed by atoms with E-state index in [9.17, 15) is 0 Å². The average Bonchev–Trinajstić information content (AvgIpc) is 2.28. The first kappa shape index (κ1) is 14.3. The highest BCUT2D eigenvalue weighted by Gasteiger charge is 2.18. The molecule has 0 spiro atoms. The molecule has 0 radical (unpaired) electrons. The topological polar surface area (TPSA) is 15.3 Å². The smallest absolute Gasteiger partial charge is 0.0642 e. The minimum atomic E-state index is 0.463. The van der Waals surface area contributed by atoms with Gasteiger partial charge in [0, 0.05) is 19.6 Å². The van der Waals surface area contributed by atoms with Crippen LogP contribution in [-0.2, 0) is 6.54 Å². The Hall–Kier alpha value is -0.730. The van der Waals surface area contributed by atoms with Crippen molar-refractivity contribution in [3.63, 3.8) is 0 Å². The van der Waals surface area contributed by atoms with Gasteiger partial charge in [-0.05, 0) is 31.5 Å². The maximum absolute atomic E-state index is 6.34. The molecule has 0 saturated heterocycles. The summed E-state index contributed by atoms with van der Waals surface area (Å²) in [6.45, 7) is 7.54. The van der Waals surface area contributed by atoms with Crippen molar-refractivity contribution in [3.05, 3.63) is 28.8 Å². The Morgan fingerprint density at radius 1 is 1.29 bits per heavy atom. The number of anilines is 1. The van der Waals surface area contributed by atoms with Gasteiger partial charge in [0.1, 0.15) is 0 Å². The van der Waals surface area contributed by atoms with Crippen LogP contribution in [0.1, 0.15) is 26.3 Å². The summed E-state index contributed by atoms with van der Waals surface area (Å²) in [5.74, 6) is 0.596. The highest BCUT2D eigenvalue weighted by Crippen LogP contribution is 2.31. The zero-order valence-electron chi connectivity index (χ0n) is 11.4. The van der Waals surface area contributed by atoms with Gasteiger partial charge in [0.05, 0.1) is 10.7 Å². The van der Waals surface area contributed by atoms with Crippen molar-refractivity contribution in [2.24, 2.45) is 5.92 Å². The second kappa shape index (κ2) is 6.27. The molecule has 0 aliphatic carbocycles. The van der Waals surface area contributed by atoms with Crippen LogP contribution in [0.25, 0.3) is 0 Å². The number of benzene rings is 1. The lowest BCUT2D eigenvalue weighted by molar-refractivity contribution is 0.504. The third kappa shape index (κ3) is 3.36. The zero-order valence-corrected chi connectivity index (χ0v) is 12.2. The van der Waals surface area contributed by atoms with Crippen molar-refractivity contribution in [1.29, 1.82) is 0 Å². The Labute approximate surface area is 110 Å². The maximum atomic E-state index is 6.34. The molecule has 0 aliphatic heterocycles. The van der Waals surface area contributed by atoms with Gasteiger partial charge in [0.15, 0.2) is 0 Å². The van der Waals surface area contributed by atoms with E-state index in [0.717, 1.165) is 17.3 Å². The monoisotopic (exact) mass is 254 g/mol. The van der Waals surface area contributed by atoms with E-state index in [-0.39, 0.29) is 0 Å². The first-order valence-corrected chi connectivity index (χ1v) is 6.51. The lowest BCUT2D eigenvalue weighted by Gasteiger charge is -2.32. The van der Waals surface area contributed by atoms with E-state index in [4.69, 9.17) is 11.6 Å². The summed E-state index contributed by atoms with van der Waals surface area (Å²) in [7, 11) is 4.07. The number of halogens is 1. The lowest BCUT2D eigenvalue weighted by Crippen LogP contribution is -2.34. The van der Waals surface area contributed by atoms with Crippen molar-refractivity contribution < 1.29 is 0 Å². The summed E-state index contributed by atoms with van der Waals surface area (Å²) in [6, 6.07) is 6.55. The minimum absolute atomic E-state index is 0.463. The van der Waals surface area contributed by atoms with Gasteiger partial charge < -0.3 is 10.2 Å². The molecule has 1 unspecified atom stereocenters. The second-order valence-corrected chi connectivity index (χ2v) is 5.28. The molecule has 1 atom stereocenters. The second-order valence-electron chi connectivity index (χ2n) is 4.87. The summed E-state index contributed by atoms with van der Waals surface area (Å²) in [5, 5.41) is 4.02. The molecular weight excluding hydrogens is 232 g/mol. The number of hydrogen-bond acceptors (Lipinski definition) is 2. The third-order valence-corrected chi connectivity index (χ3v) is 3.67. The van der Waals surface area contributed by atoms with Crippen molar-refractivity contribution in [3.8, 4) is 0 Å². The Morgan fingerprint density at radius 3 is 2.47 bits per heavy atom. The molecule has 0 saturated carbocycles. The number of nitrogens with one attached hydrogen (secondary N) is 1. The van der Waals surface area contributed by atoms with E-state index in [1.165, 1.54) is 5.56 Å². The van der Waals surface area contributed by atoms with Gasteiger partial charge in [-0.25, -0.2) is 0 Å². The Morgan fingerprint density at radius 2 is 1.94 bits per heavy atom. The van der Waals surface area contributed by atoms with E-state index < -0.39 is 0 Å². The molecule has 0 aliphatic rings. The molecule has 1 aromatic rings. The summed E-state index contributed by atoms with van der Waals surface area (Å²) in [4.78, 5) is 2.28. The molecule has 1 aromatic carbocycles. The van der Waals surface area contributed by atoms with Gasteiger partial charge in [-0.3, -0.25) is 0 Å². The van der Waals surface area contributed by atoms with Gasteiger partial charge in [-0.15, -0.1) is 0 Å². The van der Waals surface area contributed by atoms with E-state index in [1.807, 2.05) is 19.2 Å².